The molecule has 31 heavy (non-hydrogen) atoms. The molecule has 7 heteroatoms. The number of benzene rings is 2. The van der Waals surface area contributed by atoms with Crippen LogP contribution < -0.4 is 5.73 Å². The van der Waals surface area contributed by atoms with Gasteiger partial charge in [0, 0.05) is 28.9 Å². The molecule has 0 unspecified atom stereocenters. The molecule has 2 aromatic rings. The zero-order chi connectivity index (χ0) is 22.1. The van der Waals surface area contributed by atoms with Gasteiger partial charge >= 0.3 is 5.97 Å². The summed E-state index contributed by atoms with van der Waals surface area (Å²) in [6, 6.07) is 9.25. The lowest BCUT2D eigenvalue weighted by Crippen LogP contribution is -2.33. The van der Waals surface area contributed by atoms with Crippen molar-refractivity contribution in [2.75, 3.05) is 18.9 Å². The van der Waals surface area contributed by atoms with Crippen LogP contribution in [-0.2, 0) is 9.53 Å². The summed E-state index contributed by atoms with van der Waals surface area (Å²) >= 11 is 0. The van der Waals surface area contributed by atoms with Gasteiger partial charge in [0.1, 0.15) is 0 Å². The summed E-state index contributed by atoms with van der Waals surface area (Å²) in [5, 5.41) is 0. The van der Waals surface area contributed by atoms with Crippen LogP contribution in [0.1, 0.15) is 68.4 Å². The minimum atomic E-state index is -0.816. The standard InChI is InChI=1S/C24H22N2O5/c1-2-26(14-7-3-4-8-14)19(27)13-31-24(30)18-12-11-17-20(21(18)25)23(29)16-10-6-5-9-15(16)22(17)28/h5-7,9-12H,2-4,8,13,25H2,1H3. The van der Waals surface area contributed by atoms with E-state index < -0.39 is 18.4 Å². The fourth-order valence-electron chi connectivity index (χ4n) is 4.11. The molecule has 158 valence electrons. The van der Waals surface area contributed by atoms with Crippen molar-refractivity contribution >= 4 is 29.1 Å². The molecule has 0 atom stereocenters. The highest BCUT2D eigenvalue weighted by molar-refractivity contribution is 6.30. The van der Waals surface area contributed by atoms with Crippen molar-refractivity contribution in [1.82, 2.24) is 4.90 Å². The quantitative estimate of drug-likeness (QED) is 0.504. The molecule has 0 bridgehead atoms. The van der Waals surface area contributed by atoms with Gasteiger partial charge in [-0.15, -0.1) is 0 Å². The number of nitrogens with two attached hydrogens (primary N) is 1. The average molecular weight is 418 g/mol. The summed E-state index contributed by atoms with van der Waals surface area (Å²) < 4.78 is 5.20. The first-order valence-corrected chi connectivity index (χ1v) is 10.2. The number of allylic oxidation sites excluding steroid dienone is 2. The molecule has 2 N–H and O–H groups in total. The fourth-order valence-corrected chi connectivity index (χ4v) is 4.11. The number of likely N-dealkylation sites (N-methyl/N-ethyl adjacent to an activating group) is 1. The number of carbonyl (C=O) groups is 4. The van der Waals surface area contributed by atoms with Gasteiger partial charge in [0.05, 0.1) is 16.8 Å². The molecule has 0 heterocycles. The lowest BCUT2D eigenvalue weighted by molar-refractivity contribution is -0.132. The van der Waals surface area contributed by atoms with Gasteiger partial charge in [-0.1, -0.05) is 30.3 Å². The maximum absolute atomic E-state index is 12.9. The summed E-state index contributed by atoms with van der Waals surface area (Å²) in [5.74, 6) is -1.88. The van der Waals surface area contributed by atoms with Gasteiger partial charge in [0.25, 0.3) is 5.91 Å². The number of esters is 1. The van der Waals surface area contributed by atoms with E-state index in [4.69, 9.17) is 10.5 Å². The van der Waals surface area contributed by atoms with Crippen molar-refractivity contribution in [2.24, 2.45) is 0 Å². The molecule has 0 fully saturated rings. The third kappa shape index (κ3) is 3.52. The number of nitrogen functional groups attached to an aromatic ring is 1. The van der Waals surface area contributed by atoms with E-state index in [0.29, 0.717) is 12.1 Å². The van der Waals surface area contributed by atoms with Gasteiger partial charge in [-0.05, 0) is 38.3 Å². The number of amides is 1. The number of fused-ring (bicyclic) bond motifs is 2. The molecule has 0 aliphatic heterocycles. The van der Waals surface area contributed by atoms with Crippen molar-refractivity contribution in [3.05, 3.63) is 76.0 Å². The first-order valence-electron chi connectivity index (χ1n) is 10.2. The first kappa shape index (κ1) is 20.5. The third-order valence-electron chi connectivity index (χ3n) is 5.66. The van der Waals surface area contributed by atoms with Crippen molar-refractivity contribution in [2.45, 2.75) is 26.2 Å². The zero-order valence-electron chi connectivity index (χ0n) is 17.1. The van der Waals surface area contributed by atoms with E-state index in [-0.39, 0.29) is 39.6 Å². The highest BCUT2D eigenvalue weighted by atomic mass is 16.5. The second-order valence-corrected chi connectivity index (χ2v) is 7.46. The monoisotopic (exact) mass is 418 g/mol. The molecule has 0 saturated carbocycles. The molecule has 1 amide bonds. The lowest BCUT2D eigenvalue weighted by Gasteiger charge is -2.22. The maximum Gasteiger partial charge on any atom is 0.340 e. The van der Waals surface area contributed by atoms with E-state index >= 15 is 0 Å². The Morgan fingerprint density at radius 2 is 1.74 bits per heavy atom. The first-order chi connectivity index (χ1) is 14.9. The number of carbonyl (C=O) groups excluding carboxylic acids is 4. The molecule has 0 aromatic heterocycles. The van der Waals surface area contributed by atoms with Crippen molar-refractivity contribution < 1.29 is 23.9 Å². The van der Waals surface area contributed by atoms with Crippen LogP contribution in [0.3, 0.4) is 0 Å². The predicted octanol–water partition coefficient (Wildman–Crippen LogP) is 3.12. The maximum atomic E-state index is 12.9. The SMILES string of the molecule is CCN(C(=O)COC(=O)c1ccc2c(c1N)C(=O)c1ccccc1C2=O)C1=CCCC1. The molecule has 0 saturated heterocycles. The largest absolute Gasteiger partial charge is 0.452 e. The van der Waals surface area contributed by atoms with Crippen LogP contribution in [0.4, 0.5) is 5.69 Å². The third-order valence-corrected chi connectivity index (χ3v) is 5.66. The molecule has 4 rings (SSSR count). The summed E-state index contributed by atoms with van der Waals surface area (Å²) in [6.45, 7) is 1.91. The van der Waals surface area contributed by atoms with E-state index in [0.717, 1.165) is 25.0 Å². The summed E-state index contributed by atoms with van der Waals surface area (Å²) in [7, 11) is 0. The number of nitrogens with zero attached hydrogens (tertiary/aromatic N) is 1. The number of hydrogen-bond acceptors (Lipinski definition) is 6. The molecule has 2 aliphatic rings. The van der Waals surface area contributed by atoms with Crippen LogP contribution in [0.15, 0.2) is 48.2 Å². The van der Waals surface area contributed by atoms with Crippen LogP contribution in [-0.4, -0.2) is 41.5 Å². The van der Waals surface area contributed by atoms with E-state index in [1.165, 1.54) is 12.1 Å². The summed E-state index contributed by atoms with van der Waals surface area (Å²) in [5.41, 5.74) is 7.61. The Hall–Kier alpha value is -3.74. The minimum Gasteiger partial charge on any atom is -0.452 e. The summed E-state index contributed by atoms with van der Waals surface area (Å²) in [4.78, 5) is 52.5. The van der Waals surface area contributed by atoms with Crippen LogP contribution in [0, 0.1) is 0 Å². The van der Waals surface area contributed by atoms with Gasteiger partial charge in [-0.3, -0.25) is 14.4 Å². The minimum absolute atomic E-state index is 0.00391. The molecule has 2 aromatic carbocycles. The van der Waals surface area contributed by atoms with Gasteiger partial charge in [0.2, 0.25) is 0 Å². The predicted molar refractivity (Wildman–Crippen MR) is 114 cm³/mol. The summed E-state index contributed by atoms with van der Waals surface area (Å²) in [6.07, 6.45) is 4.77. The second kappa shape index (κ2) is 8.18. The van der Waals surface area contributed by atoms with E-state index in [2.05, 4.69) is 0 Å². The Morgan fingerprint density at radius 3 is 2.39 bits per heavy atom. The number of anilines is 1. The lowest BCUT2D eigenvalue weighted by atomic mass is 9.82. The zero-order valence-corrected chi connectivity index (χ0v) is 17.1. The van der Waals surface area contributed by atoms with Gasteiger partial charge in [-0.25, -0.2) is 4.79 Å². The fraction of sp³-hybridized carbons (Fsp3) is 0.250. The van der Waals surface area contributed by atoms with Crippen LogP contribution in [0.5, 0.6) is 0 Å². The number of hydrogen-bond donors (Lipinski definition) is 1. The van der Waals surface area contributed by atoms with Gasteiger partial charge in [-0.2, -0.15) is 0 Å². The van der Waals surface area contributed by atoms with Crippen molar-refractivity contribution in [3.63, 3.8) is 0 Å². The normalized spacial score (nSPS) is 14.5. The molecular formula is C24H22N2O5. The Balaban J connectivity index is 1.56. The Labute approximate surface area is 179 Å². The second-order valence-electron chi connectivity index (χ2n) is 7.46. The number of rotatable bonds is 5. The van der Waals surface area contributed by atoms with Gasteiger partial charge in [0.15, 0.2) is 18.2 Å². The molecule has 2 aliphatic carbocycles. The molecular weight excluding hydrogens is 396 g/mol. The Kier molecular flexibility index (Phi) is 5.42. The average Bonchev–Trinajstić information content (AvgIpc) is 3.30. The van der Waals surface area contributed by atoms with E-state index in [9.17, 15) is 19.2 Å². The van der Waals surface area contributed by atoms with Crippen LogP contribution in [0.25, 0.3) is 0 Å². The molecule has 0 spiro atoms. The topological polar surface area (TPSA) is 107 Å². The number of ether oxygens (including phenoxy) is 1. The van der Waals surface area contributed by atoms with Gasteiger partial charge < -0.3 is 15.4 Å². The van der Waals surface area contributed by atoms with Crippen LogP contribution >= 0.6 is 0 Å². The highest BCUT2D eigenvalue weighted by Gasteiger charge is 2.33. The Morgan fingerprint density at radius 1 is 1.03 bits per heavy atom. The molecule has 0 radical (unpaired) electrons. The van der Waals surface area contributed by atoms with E-state index in [1.54, 1.807) is 29.2 Å². The van der Waals surface area contributed by atoms with Crippen LogP contribution in [0.2, 0.25) is 0 Å². The molecule has 7 nitrogen and oxygen atoms in total. The number of ketones is 2. The van der Waals surface area contributed by atoms with E-state index in [1.807, 2.05) is 13.0 Å². The highest BCUT2D eigenvalue weighted by Crippen LogP contribution is 2.33. The smallest absolute Gasteiger partial charge is 0.340 e. The van der Waals surface area contributed by atoms with Crippen molar-refractivity contribution in [3.8, 4) is 0 Å². The van der Waals surface area contributed by atoms with Crippen molar-refractivity contribution in [1.29, 1.82) is 0 Å². The Bertz CT molecular complexity index is 1150.